The van der Waals surface area contributed by atoms with Crippen LogP contribution in [-0.2, 0) is 17.8 Å². The van der Waals surface area contributed by atoms with Gasteiger partial charge >= 0.3 is 0 Å². The van der Waals surface area contributed by atoms with Crippen LogP contribution in [0.4, 0.5) is 8.78 Å². The van der Waals surface area contributed by atoms with Gasteiger partial charge in [0.05, 0.1) is 5.69 Å². The topological polar surface area (TPSA) is 30.7 Å². The molecular formula is C11H10BrF2N3. The molecule has 0 saturated carbocycles. The number of alkyl halides is 3. The molecule has 0 saturated heterocycles. The minimum atomic E-state index is -2.95. The molecule has 0 atom stereocenters. The maximum absolute atomic E-state index is 13.9. The van der Waals surface area contributed by atoms with E-state index in [0.717, 1.165) is 4.68 Å². The summed E-state index contributed by atoms with van der Waals surface area (Å²) in [6, 6.07) is 7.70. The van der Waals surface area contributed by atoms with Crippen molar-refractivity contribution in [3.8, 4) is 0 Å². The quantitative estimate of drug-likeness (QED) is 0.813. The Hall–Kier alpha value is -1.30. The second-order valence-corrected chi connectivity index (χ2v) is 4.17. The van der Waals surface area contributed by atoms with Gasteiger partial charge in [-0.1, -0.05) is 51.5 Å². The Morgan fingerprint density at radius 2 is 1.94 bits per heavy atom. The summed E-state index contributed by atoms with van der Waals surface area (Å²) in [6.45, 7) is -0.503. The molecule has 90 valence electrons. The van der Waals surface area contributed by atoms with Gasteiger partial charge in [-0.25, -0.2) is 4.68 Å². The Balaban J connectivity index is 2.17. The van der Waals surface area contributed by atoms with Crippen molar-refractivity contribution in [2.24, 2.45) is 0 Å². The van der Waals surface area contributed by atoms with Crippen molar-refractivity contribution >= 4 is 15.9 Å². The normalized spacial score (nSPS) is 11.7. The van der Waals surface area contributed by atoms with E-state index < -0.39 is 12.5 Å². The Kier molecular flexibility index (Phi) is 3.51. The predicted molar refractivity (Wildman–Crippen MR) is 63.0 cm³/mol. The van der Waals surface area contributed by atoms with Crippen LogP contribution in [0.25, 0.3) is 0 Å². The number of hydrogen-bond donors (Lipinski definition) is 0. The maximum atomic E-state index is 13.9. The molecule has 0 N–H and O–H groups in total. The summed E-state index contributed by atoms with van der Waals surface area (Å²) in [4.78, 5) is 0. The van der Waals surface area contributed by atoms with E-state index in [1.165, 1.54) is 18.3 Å². The summed E-state index contributed by atoms with van der Waals surface area (Å²) in [5.41, 5.74) is 0.616. The highest BCUT2D eigenvalue weighted by atomic mass is 79.9. The van der Waals surface area contributed by atoms with Crippen molar-refractivity contribution in [3.63, 3.8) is 0 Å². The molecule has 0 aliphatic rings. The molecule has 0 unspecified atom stereocenters. The van der Waals surface area contributed by atoms with Gasteiger partial charge in [-0.3, -0.25) is 0 Å². The minimum absolute atomic E-state index is 0.0177. The molecule has 0 aliphatic heterocycles. The van der Waals surface area contributed by atoms with Crippen LogP contribution in [0.5, 0.6) is 0 Å². The molecular weight excluding hydrogens is 292 g/mol. The third kappa shape index (κ3) is 2.88. The van der Waals surface area contributed by atoms with E-state index in [9.17, 15) is 8.78 Å². The first-order valence-electron chi connectivity index (χ1n) is 5.00. The second-order valence-electron chi connectivity index (χ2n) is 3.61. The fourth-order valence-electron chi connectivity index (χ4n) is 1.45. The van der Waals surface area contributed by atoms with E-state index in [-0.39, 0.29) is 5.56 Å². The summed E-state index contributed by atoms with van der Waals surface area (Å²) < 4.78 is 28.9. The molecule has 2 aromatic rings. The first-order valence-corrected chi connectivity index (χ1v) is 6.12. The third-order valence-electron chi connectivity index (χ3n) is 2.28. The molecule has 1 aromatic heterocycles. The van der Waals surface area contributed by atoms with Crippen LogP contribution in [0, 0.1) is 0 Å². The number of aromatic nitrogens is 3. The van der Waals surface area contributed by atoms with Crippen molar-refractivity contribution in [2.45, 2.75) is 17.8 Å². The molecule has 0 bridgehead atoms. The SMILES string of the molecule is FC(F)(Cn1cc(CBr)nn1)c1ccccc1. The second kappa shape index (κ2) is 4.91. The van der Waals surface area contributed by atoms with Gasteiger partial charge in [0.1, 0.15) is 6.54 Å². The smallest absolute Gasteiger partial charge is 0.246 e. The highest BCUT2D eigenvalue weighted by Crippen LogP contribution is 2.29. The van der Waals surface area contributed by atoms with Gasteiger partial charge in [0.15, 0.2) is 0 Å². The number of rotatable bonds is 4. The average molecular weight is 302 g/mol. The van der Waals surface area contributed by atoms with Crippen molar-refractivity contribution in [1.82, 2.24) is 15.0 Å². The Morgan fingerprint density at radius 1 is 1.24 bits per heavy atom. The minimum Gasteiger partial charge on any atom is -0.246 e. The molecule has 0 spiro atoms. The number of hydrogen-bond acceptors (Lipinski definition) is 2. The maximum Gasteiger partial charge on any atom is 0.292 e. The van der Waals surface area contributed by atoms with Crippen LogP contribution >= 0.6 is 15.9 Å². The molecule has 1 aromatic carbocycles. The summed E-state index contributed by atoms with van der Waals surface area (Å²) in [5.74, 6) is -2.95. The van der Waals surface area contributed by atoms with E-state index in [1.54, 1.807) is 18.2 Å². The Bertz CT molecular complexity index is 484. The lowest BCUT2D eigenvalue weighted by molar-refractivity contribution is -0.0258. The first kappa shape index (κ1) is 12.2. The third-order valence-corrected chi connectivity index (χ3v) is 2.85. The lowest BCUT2D eigenvalue weighted by Crippen LogP contribution is -2.21. The standard InChI is InChI=1S/C11H10BrF2N3/c12-6-10-7-17(16-15-10)8-11(13,14)9-4-2-1-3-5-9/h1-5,7H,6,8H2. The zero-order valence-electron chi connectivity index (χ0n) is 8.85. The monoisotopic (exact) mass is 301 g/mol. The van der Waals surface area contributed by atoms with Gasteiger partial charge in [-0.05, 0) is 0 Å². The van der Waals surface area contributed by atoms with Crippen molar-refractivity contribution in [2.75, 3.05) is 0 Å². The zero-order chi connectivity index (χ0) is 12.3. The Morgan fingerprint density at radius 3 is 2.53 bits per heavy atom. The summed E-state index contributed by atoms with van der Waals surface area (Å²) in [5, 5.41) is 7.90. The number of nitrogens with zero attached hydrogens (tertiary/aromatic N) is 3. The van der Waals surface area contributed by atoms with Gasteiger partial charge < -0.3 is 0 Å². The zero-order valence-corrected chi connectivity index (χ0v) is 10.4. The summed E-state index contributed by atoms with van der Waals surface area (Å²) in [6.07, 6.45) is 1.51. The van der Waals surface area contributed by atoms with Crippen molar-refractivity contribution < 1.29 is 8.78 Å². The molecule has 0 amide bonds. The molecule has 3 nitrogen and oxygen atoms in total. The van der Waals surface area contributed by atoms with Crippen LogP contribution in [0.3, 0.4) is 0 Å². The van der Waals surface area contributed by atoms with E-state index in [2.05, 4.69) is 26.2 Å². The van der Waals surface area contributed by atoms with Gasteiger partial charge in [0, 0.05) is 17.1 Å². The molecule has 0 radical (unpaired) electrons. The largest absolute Gasteiger partial charge is 0.292 e. The number of benzene rings is 1. The average Bonchev–Trinajstić information content (AvgIpc) is 2.77. The van der Waals surface area contributed by atoms with Gasteiger partial charge in [0.25, 0.3) is 5.92 Å². The van der Waals surface area contributed by atoms with Crippen LogP contribution in [0.15, 0.2) is 36.5 Å². The summed E-state index contributed by atoms with van der Waals surface area (Å²) in [7, 11) is 0. The van der Waals surface area contributed by atoms with Gasteiger partial charge in [0.2, 0.25) is 0 Å². The first-order chi connectivity index (χ1) is 8.12. The Labute approximate surface area is 106 Å². The van der Waals surface area contributed by atoms with E-state index in [1.807, 2.05) is 0 Å². The summed E-state index contributed by atoms with van der Waals surface area (Å²) >= 11 is 3.19. The van der Waals surface area contributed by atoms with Crippen LogP contribution in [0.2, 0.25) is 0 Å². The molecule has 17 heavy (non-hydrogen) atoms. The van der Waals surface area contributed by atoms with E-state index >= 15 is 0 Å². The van der Waals surface area contributed by atoms with E-state index in [0.29, 0.717) is 11.0 Å². The molecule has 1 heterocycles. The molecule has 2 rings (SSSR count). The predicted octanol–water partition coefficient (Wildman–Crippen LogP) is 2.97. The molecule has 0 aliphatic carbocycles. The highest BCUT2D eigenvalue weighted by Gasteiger charge is 2.32. The molecule has 0 fully saturated rings. The lowest BCUT2D eigenvalue weighted by atomic mass is 10.1. The fourth-order valence-corrected chi connectivity index (χ4v) is 1.71. The number of halogens is 3. The van der Waals surface area contributed by atoms with Gasteiger partial charge in [-0.2, -0.15) is 8.78 Å². The molecule has 6 heteroatoms. The van der Waals surface area contributed by atoms with Gasteiger partial charge in [-0.15, -0.1) is 5.10 Å². The van der Waals surface area contributed by atoms with Crippen LogP contribution in [0.1, 0.15) is 11.3 Å². The van der Waals surface area contributed by atoms with E-state index in [4.69, 9.17) is 0 Å². The van der Waals surface area contributed by atoms with Crippen molar-refractivity contribution in [3.05, 3.63) is 47.8 Å². The van der Waals surface area contributed by atoms with Crippen LogP contribution in [-0.4, -0.2) is 15.0 Å². The van der Waals surface area contributed by atoms with Crippen LogP contribution < -0.4 is 0 Å². The highest BCUT2D eigenvalue weighted by molar-refractivity contribution is 9.08. The van der Waals surface area contributed by atoms with Crippen molar-refractivity contribution in [1.29, 1.82) is 0 Å². The fraction of sp³-hybridized carbons (Fsp3) is 0.273. The lowest BCUT2D eigenvalue weighted by Gasteiger charge is -2.15.